The number of nitrogens with one attached hydrogen (secondary N) is 2. The Bertz CT molecular complexity index is 1440. The number of aryl methyl sites for hydroxylation is 1. The number of imidazole rings is 1. The van der Waals surface area contributed by atoms with Gasteiger partial charge < -0.3 is 19.3 Å². The van der Waals surface area contributed by atoms with Crippen molar-refractivity contribution >= 4 is 29.0 Å². The van der Waals surface area contributed by atoms with Crippen LogP contribution >= 0.6 is 0 Å². The third-order valence-corrected chi connectivity index (χ3v) is 5.37. The summed E-state index contributed by atoms with van der Waals surface area (Å²) in [5, 5.41) is 14.9. The summed E-state index contributed by atoms with van der Waals surface area (Å²) in [6, 6.07) is 16.9. The second kappa shape index (κ2) is 10.3. The van der Waals surface area contributed by atoms with Gasteiger partial charge in [0.15, 0.2) is 11.2 Å². The van der Waals surface area contributed by atoms with Gasteiger partial charge >= 0.3 is 5.69 Å². The summed E-state index contributed by atoms with van der Waals surface area (Å²) < 4.78 is 8.34. The molecule has 4 aromatic rings. The number of aromatic amines is 1. The summed E-state index contributed by atoms with van der Waals surface area (Å²) >= 11 is 0. The van der Waals surface area contributed by atoms with Gasteiger partial charge in [0.25, 0.3) is 5.56 Å². The number of hydrogen-bond donors (Lipinski definition) is 3. The van der Waals surface area contributed by atoms with Gasteiger partial charge in [0, 0.05) is 26.8 Å². The first-order chi connectivity index (χ1) is 16.8. The van der Waals surface area contributed by atoms with Crippen LogP contribution in [0.1, 0.15) is 5.56 Å². The molecule has 2 aromatic carbocycles. The Morgan fingerprint density at radius 3 is 2.57 bits per heavy atom. The van der Waals surface area contributed by atoms with Crippen LogP contribution in [0.4, 0.5) is 11.6 Å². The van der Waals surface area contributed by atoms with Crippen LogP contribution in [0.2, 0.25) is 0 Å². The zero-order valence-corrected chi connectivity index (χ0v) is 19.7. The largest absolute Gasteiger partial charge is 0.491 e. The van der Waals surface area contributed by atoms with Gasteiger partial charge in [-0.3, -0.25) is 14.3 Å². The molecule has 0 fully saturated rings. The van der Waals surface area contributed by atoms with E-state index in [2.05, 4.69) is 20.5 Å². The predicted molar refractivity (Wildman–Crippen MR) is 136 cm³/mol. The van der Waals surface area contributed by atoms with Crippen LogP contribution in [0.15, 0.2) is 69.3 Å². The van der Waals surface area contributed by atoms with E-state index in [-0.39, 0.29) is 30.3 Å². The first kappa shape index (κ1) is 23.8. The molecule has 0 unspecified atom stereocenters. The Morgan fingerprint density at radius 1 is 1.17 bits per heavy atom. The number of aliphatic hydroxyl groups excluding tert-OH is 1. The highest BCUT2D eigenvalue weighted by Crippen LogP contribution is 2.17. The fraction of sp³-hybridized carbons (Fsp3) is 0.250. The maximum Gasteiger partial charge on any atom is 0.329 e. The number of anilines is 2. The van der Waals surface area contributed by atoms with E-state index in [9.17, 15) is 14.7 Å². The summed E-state index contributed by atoms with van der Waals surface area (Å²) in [5.41, 5.74) is 3.86. The van der Waals surface area contributed by atoms with Crippen molar-refractivity contribution in [1.82, 2.24) is 19.1 Å². The molecule has 11 nitrogen and oxygen atoms in total. The van der Waals surface area contributed by atoms with Crippen molar-refractivity contribution in [2.75, 3.05) is 31.0 Å². The van der Waals surface area contributed by atoms with Crippen molar-refractivity contribution in [3.63, 3.8) is 0 Å². The molecular weight excluding hydrogens is 450 g/mol. The van der Waals surface area contributed by atoms with Crippen molar-refractivity contribution in [3.8, 4) is 5.75 Å². The van der Waals surface area contributed by atoms with Crippen LogP contribution in [-0.4, -0.2) is 57.2 Å². The van der Waals surface area contributed by atoms with E-state index in [0.717, 1.165) is 11.3 Å². The Balaban J connectivity index is 1.60. The van der Waals surface area contributed by atoms with Gasteiger partial charge in [-0.1, -0.05) is 30.3 Å². The molecule has 0 bridgehead atoms. The van der Waals surface area contributed by atoms with E-state index in [1.807, 2.05) is 61.5 Å². The molecule has 0 spiro atoms. The minimum Gasteiger partial charge on any atom is -0.491 e. The fourth-order valence-electron chi connectivity index (χ4n) is 3.49. The second-order valence-corrected chi connectivity index (χ2v) is 8.17. The Kier molecular flexibility index (Phi) is 6.97. The number of fused-ring (bicyclic) bond motifs is 1. The number of H-pyrrole nitrogens is 1. The van der Waals surface area contributed by atoms with Crippen LogP contribution in [0.25, 0.3) is 11.2 Å². The van der Waals surface area contributed by atoms with E-state index in [1.54, 1.807) is 18.3 Å². The lowest BCUT2D eigenvalue weighted by Crippen LogP contribution is -2.30. The normalized spacial score (nSPS) is 12.2. The summed E-state index contributed by atoms with van der Waals surface area (Å²) in [6.45, 7) is -0.0196. The van der Waals surface area contributed by atoms with Crippen LogP contribution < -0.4 is 26.3 Å². The minimum absolute atomic E-state index is 0.00567. The SMILES string of the molecule is CN(C)c1ccc(/C=N\Nc2nc3c(c(=O)[nH]c(=O)n3C)n2C[C@H](O)COc2ccccc2)cc1. The molecule has 1 atom stereocenters. The zero-order chi connectivity index (χ0) is 24.9. The number of para-hydroxylation sites is 1. The van der Waals surface area contributed by atoms with Crippen molar-refractivity contribution in [2.45, 2.75) is 12.6 Å². The molecule has 3 N–H and O–H groups in total. The van der Waals surface area contributed by atoms with E-state index >= 15 is 0 Å². The molecule has 2 aromatic heterocycles. The lowest BCUT2D eigenvalue weighted by molar-refractivity contribution is 0.0938. The summed E-state index contributed by atoms with van der Waals surface area (Å²) in [5.74, 6) is 0.817. The van der Waals surface area contributed by atoms with Crippen LogP contribution in [0, 0.1) is 0 Å². The number of hydrogen-bond acceptors (Lipinski definition) is 8. The van der Waals surface area contributed by atoms with Gasteiger partial charge in [0.1, 0.15) is 18.5 Å². The third kappa shape index (κ3) is 5.41. The summed E-state index contributed by atoms with van der Waals surface area (Å²) in [4.78, 5) is 33.3. The Labute approximate surface area is 200 Å². The fourth-order valence-corrected chi connectivity index (χ4v) is 3.49. The highest BCUT2D eigenvalue weighted by molar-refractivity contribution is 5.81. The molecule has 0 aliphatic heterocycles. The maximum atomic E-state index is 12.6. The number of aromatic nitrogens is 4. The molecule has 0 radical (unpaired) electrons. The number of ether oxygens (including phenoxy) is 1. The molecule has 2 heterocycles. The van der Waals surface area contributed by atoms with Crippen molar-refractivity contribution in [2.24, 2.45) is 12.1 Å². The van der Waals surface area contributed by atoms with Gasteiger partial charge in [-0.25, -0.2) is 10.2 Å². The van der Waals surface area contributed by atoms with Gasteiger partial charge in [0.2, 0.25) is 5.95 Å². The van der Waals surface area contributed by atoms with E-state index in [0.29, 0.717) is 5.75 Å². The minimum atomic E-state index is -0.965. The van der Waals surface area contributed by atoms with Crippen LogP contribution in [0.3, 0.4) is 0 Å². The van der Waals surface area contributed by atoms with Crippen LogP contribution in [0.5, 0.6) is 5.75 Å². The highest BCUT2D eigenvalue weighted by atomic mass is 16.5. The number of rotatable bonds is 9. The molecule has 35 heavy (non-hydrogen) atoms. The van der Waals surface area contributed by atoms with Gasteiger partial charge in [-0.2, -0.15) is 10.1 Å². The molecular formula is C24H27N7O4. The number of hydrazone groups is 1. The standard InChI is InChI=1S/C24H27N7O4/c1-29(2)17-11-9-16(10-12-17)13-25-28-23-26-21-20(22(33)27-24(34)30(21)3)31(23)14-18(32)15-35-19-7-5-4-6-8-19/h4-13,18,32H,14-15H2,1-3H3,(H,26,28)(H,27,33,34)/b25-13-/t18-/m0/s1. The topological polar surface area (TPSA) is 130 Å². The average Bonchev–Trinajstić information content (AvgIpc) is 3.21. The number of nitrogens with zero attached hydrogens (tertiary/aromatic N) is 5. The molecule has 4 rings (SSSR count). The van der Waals surface area contributed by atoms with Crippen molar-refractivity contribution in [3.05, 3.63) is 81.0 Å². The van der Waals surface area contributed by atoms with Gasteiger partial charge in [-0.15, -0.1) is 0 Å². The molecule has 0 saturated carbocycles. The van der Waals surface area contributed by atoms with Crippen LogP contribution in [-0.2, 0) is 13.6 Å². The lowest BCUT2D eigenvalue weighted by Gasteiger charge is -2.15. The van der Waals surface area contributed by atoms with Gasteiger partial charge in [0.05, 0.1) is 12.8 Å². The predicted octanol–water partition coefficient (Wildman–Crippen LogP) is 1.38. The zero-order valence-electron chi connectivity index (χ0n) is 19.7. The number of benzene rings is 2. The third-order valence-electron chi connectivity index (χ3n) is 5.37. The molecule has 11 heteroatoms. The van der Waals surface area contributed by atoms with E-state index in [1.165, 1.54) is 16.2 Å². The number of aliphatic hydroxyl groups is 1. The highest BCUT2D eigenvalue weighted by Gasteiger charge is 2.20. The van der Waals surface area contributed by atoms with E-state index < -0.39 is 17.4 Å². The van der Waals surface area contributed by atoms with Crippen molar-refractivity contribution in [1.29, 1.82) is 0 Å². The Hall–Kier alpha value is -4.38. The lowest BCUT2D eigenvalue weighted by atomic mass is 10.2. The molecule has 0 aliphatic rings. The summed E-state index contributed by atoms with van der Waals surface area (Å²) in [6.07, 6.45) is 0.647. The molecule has 182 valence electrons. The molecule has 0 amide bonds. The van der Waals surface area contributed by atoms with Crippen molar-refractivity contribution < 1.29 is 9.84 Å². The monoisotopic (exact) mass is 477 g/mol. The summed E-state index contributed by atoms with van der Waals surface area (Å²) in [7, 11) is 5.43. The quantitative estimate of drug-likeness (QED) is 0.245. The first-order valence-electron chi connectivity index (χ1n) is 11.0. The van der Waals surface area contributed by atoms with E-state index in [4.69, 9.17) is 4.74 Å². The smallest absolute Gasteiger partial charge is 0.329 e. The Morgan fingerprint density at radius 2 is 1.89 bits per heavy atom. The molecule has 0 saturated heterocycles. The maximum absolute atomic E-state index is 12.6. The average molecular weight is 478 g/mol. The first-order valence-corrected chi connectivity index (χ1v) is 11.0. The van der Waals surface area contributed by atoms with Gasteiger partial charge in [-0.05, 0) is 29.8 Å². The molecule has 0 aliphatic carbocycles. The second-order valence-electron chi connectivity index (χ2n) is 8.17.